The lowest BCUT2D eigenvalue weighted by Gasteiger charge is -2.30. The number of esters is 1. The molecule has 1 saturated carbocycles. The number of aromatic nitrogens is 2. The van der Waals surface area contributed by atoms with Gasteiger partial charge in [0.25, 0.3) is 5.91 Å². The standard InChI is InChI=1S/C28H35F3N6O5/c1-27(2)12-20-24(21(38)13-27)25(28(29,30)31)36-37(20)16-5-8-18(26(33)41)19(11-16)35-15-3-6-17(7-4-15)42-23(40)14-34-22(39)9-10-32/h5,8,11,15,17,35H,3-4,6-7,9-10,12-14,32H2,1-2H3,(H2,33,41)(H,34,39)/t15-,17-. The van der Waals surface area contributed by atoms with Crippen molar-refractivity contribution in [3.63, 3.8) is 0 Å². The van der Waals surface area contributed by atoms with E-state index in [0.29, 0.717) is 31.4 Å². The molecule has 11 nitrogen and oxygen atoms in total. The number of nitrogens with one attached hydrogen (secondary N) is 2. The minimum absolute atomic E-state index is 0.0247. The molecule has 4 rings (SSSR count). The molecular formula is C28H35F3N6O5. The maximum absolute atomic E-state index is 13.9. The van der Waals surface area contributed by atoms with Crippen LogP contribution in [0.25, 0.3) is 5.69 Å². The van der Waals surface area contributed by atoms with Gasteiger partial charge in [0, 0.05) is 31.1 Å². The number of fused-ring (bicyclic) bond motifs is 1. The Morgan fingerprint density at radius 2 is 1.83 bits per heavy atom. The Kier molecular flexibility index (Phi) is 8.95. The largest absolute Gasteiger partial charge is 0.461 e. The number of anilines is 1. The molecule has 0 spiro atoms. The highest BCUT2D eigenvalue weighted by molar-refractivity contribution is 6.00. The number of Topliss-reactive ketones (excluding diaryl/α,β-unsaturated/α-hetero) is 1. The number of alkyl halides is 3. The van der Waals surface area contributed by atoms with Crippen LogP contribution in [-0.2, 0) is 26.9 Å². The monoisotopic (exact) mass is 592 g/mol. The first-order valence-electron chi connectivity index (χ1n) is 13.8. The summed E-state index contributed by atoms with van der Waals surface area (Å²) in [6, 6.07) is 4.24. The van der Waals surface area contributed by atoms with E-state index < -0.39 is 40.5 Å². The number of hydrogen-bond donors (Lipinski definition) is 4. The molecule has 6 N–H and O–H groups in total. The molecule has 2 aliphatic carbocycles. The SMILES string of the molecule is CC1(C)CC(=O)c2c(C(F)(F)F)nn(-c3ccc(C(N)=O)c(N[C@H]4CC[C@H](OC(=O)CNC(=O)CCN)CC4)c3)c2C1. The Balaban J connectivity index is 1.52. The second-order valence-electron chi connectivity index (χ2n) is 11.5. The van der Waals surface area contributed by atoms with Crippen LogP contribution in [0.5, 0.6) is 0 Å². The van der Waals surface area contributed by atoms with Gasteiger partial charge in [0.1, 0.15) is 12.6 Å². The first-order valence-corrected chi connectivity index (χ1v) is 13.8. The lowest BCUT2D eigenvalue weighted by molar-refractivity contribution is -0.150. The predicted molar refractivity (Wildman–Crippen MR) is 146 cm³/mol. The van der Waals surface area contributed by atoms with Gasteiger partial charge in [0.15, 0.2) is 11.5 Å². The van der Waals surface area contributed by atoms with E-state index in [9.17, 15) is 32.3 Å². The van der Waals surface area contributed by atoms with Crippen molar-refractivity contribution >= 4 is 29.3 Å². The Morgan fingerprint density at radius 3 is 2.45 bits per heavy atom. The van der Waals surface area contributed by atoms with Crippen LogP contribution in [0.3, 0.4) is 0 Å². The highest BCUT2D eigenvalue weighted by Gasteiger charge is 2.45. The number of ether oxygens (including phenoxy) is 1. The summed E-state index contributed by atoms with van der Waals surface area (Å²) in [5.41, 5.74) is 9.59. The van der Waals surface area contributed by atoms with Crippen LogP contribution in [0.1, 0.15) is 84.5 Å². The normalized spacial score (nSPS) is 20.0. The number of hydrogen-bond acceptors (Lipinski definition) is 8. The Bertz CT molecular complexity index is 1380. The van der Waals surface area contributed by atoms with E-state index in [1.54, 1.807) is 0 Å². The quantitative estimate of drug-likeness (QED) is 0.322. The Labute approximate surface area is 240 Å². The number of carbonyl (C=O) groups excluding carboxylic acids is 4. The molecule has 1 aromatic heterocycles. The summed E-state index contributed by atoms with van der Waals surface area (Å²) in [6.45, 7) is 3.55. The maximum Gasteiger partial charge on any atom is 0.435 e. The van der Waals surface area contributed by atoms with E-state index in [1.165, 1.54) is 18.2 Å². The number of benzene rings is 1. The molecule has 14 heteroatoms. The molecule has 0 atom stereocenters. The topological polar surface area (TPSA) is 171 Å². The third-order valence-corrected chi connectivity index (χ3v) is 7.46. The molecule has 42 heavy (non-hydrogen) atoms. The number of rotatable bonds is 9. The van der Waals surface area contributed by atoms with Crippen LogP contribution in [0.15, 0.2) is 18.2 Å². The molecule has 1 heterocycles. The average molecular weight is 593 g/mol. The van der Waals surface area contributed by atoms with Gasteiger partial charge < -0.3 is 26.8 Å². The summed E-state index contributed by atoms with van der Waals surface area (Å²) in [5.74, 6) is -2.22. The van der Waals surface area contributed by atoms with Crippen LogP contribution in [0, 0.1) is 5.41 Å². The molecule has 0 radical (unpaired) electrons. The molecule has 1 fully saturated rings. The summed E-state index contributed by atoms with van der Waals surface area (Å²) < 4.78 is 48.3. The van der Waals surface area contributed by atoms with E-state index >= 15 is 0 Å². The predicted octanol–water partition coefficient (Wildman–Crippen LogP) is 2.88. The molecule has 0 aliphatic heterocycles. The van der Waals surface area contributed by atoms with Crippen LogP contribution >= 0.6 is 0 Å². The van der Waals surface area contributed by atoms with Crippen molar-refractivity contribution < 1.29 is 37.1 Å². The van der Waals surface area contributed by atoms with Gasteiger partial charge in [-0.25, -0.2) is 4.68 Å². The molecule has 2 aliphatic rings. The molecule has 0 unspecified atom stereocenters. The number of amides is 2. The van der Waals surface area contributed by atoms with E-state index in [2.05, 4.69) is 15.7 Å². The fourth-order valence-electron chi connectivity index (χ4n) is 5.52. The maximum atomic E-state index is 13.9. The summed E-state index contributed by atoms with van der Waals surface area (Å²) in [6.07, 6.45) is -2.70. The summed E-state index contributed by atoms with van der Waals surface area (Å²) in [7, 11) is 0. The van der Waals surface area contributed by atoms with E-state index in [1.807, 2.05) is 13.8 Å². The van der Waals surface area contributed by atoms with Crippen LogP contribution in [0.4, 0.5) is 18.9 Å². The molecule has 2 amide bonds. The zero-order chi connectivity index (χ0) is 30.8. The minimum Gasteiger partial charge on any atom is -0.461 e. The molecular weight excluding hydrogens is 557 g/mol. The summed E-state index contributed by atoms with van der Waals surface area (Å²) in [5, 5.41) is 9.55. The minimum atomic E-state index is -4.82. The lowest BCUT2D eigenvalue weighted by atomic mass is 9.75. The van der Waals surface area contributed by atoms with Crippen molar-refractivity contribution in [1.29, 1.82) is 0 Å². The Hall–Kier alpha value is -3.94. The molecule has 228 valence electrons. The van der Waals surface area contributed by atoms with Crippen molar-refractivity contribution in [1.82, 2.24) is 15.1 Å². The van der Waals surface area contributed by atoms with Crippen molar-refractivity contribution in [2.24, 2.45) is 16.9 Å². The van der Waals surface area contributed by atoms with Crippen LogP contribution in [0.2, 0.25) is 0 Å². The van der Waals surface area contributed by atoms with E-state index in [4.69, 9.17) is 16.2 Å². The van der Waals surface area contributed by atoms with Gasteiger partial charge in [-0.2, -0.15) is 18.3 Å². The Morgan fingerprint density at radius 1 is 1.14 bits per heavy atom. The number of primary amides is 1. The number of nitrogens with zero attached hydrogens (tertiary/aromatic N) is 2. The molecule has 2 aromatic rings. The van der Waals surface area contributed by atoms with Crippen molar-refractivity contribution in [3.8, 4) is 5.69 Å². The van der Waals surface area contributed by atoms with Gasteiger partial charge in [-0.3, -0.25) is 19.2 Å². The summed E-state index contributed by atoms with van der Waals surface area (Å²) in [4.78, 5) is 48.6. The molecule has 0 saturated heterocycles. The number of halogens is 3. The molecule has 0 bridgehead atoms. The van der Waals surface area contributed by atoms with Crippen molar-refractivity contribution in [2.45, 2.75) is 77.1 Å². The van der Waals surface area contributed by atoms with Gasteiger partial charge in [-0.15, -0.1) is 0 Å². The first-order chi connectivity index (χ1) is 19.7. The van der Waals surface area contributed by atoms with Gasteiger partial charge >= 0.3 is 12.1 Å². The fourth-order valence-corrected chi connectivity index (χ4v) is 5.52. The van der Waals surface area contributed by atoms with Gasteiger partial charge in [0.05, 0.1) is 22.5 Å². The highest BCUT2D eigenvalue weighted by atomic mass is 19.4. The second kappa shape index (κ2) is 12.1. The smallest absolute Gasteiger partial charge is 0.435 e. The highest BCUT2D eigenvalue weighted by Crippen LogP contribution is 2.42. The number of ketones is 1. The zero-order valence-electron chi connectivity index (χ0n) is 23.5. The average Bonchev–Trinajstić information content (AvgIpc) is 3.28. The summed E-state index contributed by atoms with van der Waals surface area (Å²) >= 11 is 0. The molecule has 1 aromatic carbocycles. The fraction of sp³-hybridized carbons (Fsp3) is 0.536. The first kappa shape index (κ1) is 31.0. The van der Waals surface area contributed by atoms with Crippen molar-refractivity contribution in [2.75, 3.05) is 18.4 Å². The van der Waals surface area contributed by atoms with E-state index in [-0.39, 0.29) is 67.3 Å². The second-order valence-corrected chi connectivity index (χ2v) is 11.5. The van der Waals surface area contributed by atoms with E-state index in [0.717, 1.165) is 4.68 Å². The third kappa shape index (κ3) is 7.09. The van der Waals surface area contributed by atoms with Gasteiger partial charge in [0.2, 0.25) is 5.91 Å². The van der Waals surface area contributed by atoms with Crippen LogP contribution in [-0.4, -0.2) is 58.6 Å². The van der Waals surface area contributed by atoms with Crippen molar-refractivity contribution in [3.05, 3.63) is 40.7 Å². The van der Waals surface area contributed by atoms with Crippen LogP contribution < -0.4 is 22.1 Å². The van der Waals surface area contributed by atoms with Gasteiger partial charge in [-0.05, 0) is 55.7 Å². The van der Waals surface area contributed by atoms with Gasteiger partial charge in [-0.1, -0.05) is 13.8 Å². The lowest BCUT2D eigenvalue weighted by Crippen LogP contribution is -2.36. The number of carbonyl (C=O) groups is 4. The third-order valence-electron chi connectivity index (χ3n) is 7.46. The zero-order valence-corrected chi connectivity index (χ0v) is 23.5. The number of nitrogens with two attached hydrogens (primary N) is 2.